The van der Waals surface area contributed by atoms with Crippen LogP contribution in [0.2, 0.25) is 0 Å². The number of Topliss-reactive ketones (excluding diaryl/α,β-unsaturated/α-hetero) is 2. The minimum absolute atomic E-state index is 0.000945. The second kappa shape index (κ2) is 16.5. The van der Waals surface area contributed by atoms with Gasteiger partial charge in [-0.15, -0.1) is 0 Å². The lowest BCUT2D eigenvalue weighted by molar-refractivity contribution is -0.0784. The summed E-state index contributed by atoms with van der Waals surface area (Å²) in [4.78, 5) is 25.1. The van der Waals surface area contributed by atoms with Crippen molar-refractivity contribution < 1.29 is 38.7 Å². The van der Waals surface area contributed by atoms with Crippen LogP contribution in [0.25, 0.3) is 0 Å². The maximum Gasteiger partial charge on any atom is 0.193 e. The third-order valence-corrected chi connectivity index (χ3v) is 6.84. The molecule has 0 saturated carbocycles. The summed E-state index contributed by atoms with van der Waals surface area (Å²) < 4.78 is 22.8. The summed E-state index contributed by atoms with van der Waals surface area (Å²) >= 11 is 0. The molecule has 0 fully saturated rings. The summed E-state index contributed by atoms with van der Waals surface area (Å²) in [5.41, 5.74) is -0.316. The van der Waals surface area contributed by atoms with Crippen molar-refractivity contribution >= 4 is 11.6 Å². The van der Waals surface area contributed by atoms with E-state index in [0.717, 1.165) is 11.1 Å². The molecule has 0 spiro atoms. The van der Waals surface area contributed by atoms with E-state index in [9.17, 15) is 19.8 Å². The van der Waals surface area contributed by atoms with Crippen LogP contribution in [-0.4, -0.2) is 90.9 Å². The van der Waals surface area contributed by atoms with Gasteiger partial charge >= 0.3 is 0 Å². The van der Waals surface area contributed by atoms with Gasteiger partial charge < -0.3 is 34.5 Å². The molecule has 0 radical (unpaired) electrons. The van der Waals surface area contributed by atoms with Crippen molar-refractivity contribution in [1.29, 1.82) is 0 Å². The van der Waals surface area contributed by atoms with Crippen LogP contribution in [0.4, 0.5) is 0 Å². The Hall–Kier alpha value is -2.50. The van der Waals surface area contributed by atoms with Gasteiger partial charge in [0.2, 0.25) is 0 Å². The Morgan fingerprint density at radius 2 is 1.00 bits per heavy atom. The summed E-state index contributed by atoms with van der Waals surface area (Å²) in [5, 5.41) is 23.9. The minimum atomic E-state index is -1.47. The highest BCUT2D eigenvalue weighted by Gasteiger charge is 2.27. The van der Waals surface area contributed by atoms with E-state index in [-0.39, 0.29) is 42.0 Å². The number of carbonyl (C=O) groups is 2. The van der Waals surface area contributed by atoms with Gasteiger partial charge in [-0.3, -0.25) is 9.59 Å². The lowest BCUT2D eigenvalue weighted by Gasteiger charge is -2.26. The largest absolute Gasteiger partial charge is 0.382 e. The zero-order chi connectivity index (χ0) is 32.4. The summed E-state index contributed by atoms with van der Waals surface area (Å²) in [6.45, 7) is 15.6. The molecule has 0 aliphatic heterocycles. The highest BCUT2D eigenvalue weighted by atomic mass is 16.6. The molecule has 9 nitrogen and oxygen atoms in total. The smallest absolute Gasteiger partial charge is 0.193 e. The second-order valence-electron chi connectivity index (χ2n) is 12.4. The highest BCUT2D eigenvalue weighted by Crippen LogP contribution is 2.26. The van der Waals surface area contributed by atoms with Gasteiger partial charge in [-0.25, -0.2) is 0 Å². The molecular weight excluding hydrogens is 550 g/mol. The fourth-order valence-corrected chi connectivity index (χ4v) is 4.37. The van der Waals surface area contributed by atoms with Gasteiger partial charge in [0.15, 0.2) is 11.6 Å². The topological polar surface area (TPSA) is 124 Å². The molecule has 0 heterocycles. The number of hydrogen-bond acceptors (Lipinski definition) is 9. The third kappa shape index (κ3) is 12.2. The predicted octanol–water partition coefficient (Wildman–Crippen LogP) is 4.52. The Morgan fingerprint density at radius 1 is 0.651 bits per heavy atom. The van der Waals surface area contributed by atoms with Crippen LogP contribution < -0.4 is 5.32 Å². The van der Waals surface area contributed by atoms with Crippen LogP contribution in [0.1, 0.15) is 93.3 Å². The van der Waals surface area contributed by atoms with Crippen LogP contribution >= 0.6 is 0 Å². The zero-order valence-electron chi connectivity index (χ0n) is 27.2. The SMILES string of the molecule is COCC(C)OCC(C)OCC(C)OCC(C)NC(c1ccc(C(=O)C(C)(C)O)cc1)c1ccc(C(=O)C(C)(C)O)cc1. The molecule has 3 N–H and O–H groups in total. The Morgan fingerprint density at radius 3 is 1.35 bits per heavy atom. The standard InChI is InChI=1S/C34H51NO8/c1-22(18-41-24(3)20-43-25(4)21-42-23(2)19-40-9)35-30(26-10-14-28(15-11-26)31(36)33(5,6)38)27-12-16-29(17-13-27)32(37)34(7,8)39/h10-17,22-25,30,35,38-39H,18-21H2,1-9H3. The Bertz CT molecular complexity index is 1070. The maximum absolute atomic E-state index is 12.6. The van der Waals surface area contributed by atoms with Crippen molar-refractivity contribution in [3.63, 3.8) is 0 Å². The van der Waals surface area contributed by atoms with Gasteiger partial charge in [-0.05, 0) is 66.5 Å². The van der Waals surface area contributed by atoms with Gasteiger partial charge in [-0.1, -0.05) is 48.5 Å². The normalized spacial score (nSPS) is 15.3. The molecule has 43 heavy (non-hydrogen) atoms. The van der Waals surface area contributed by atoms with E-state index in [1.54, 1.807) is 31.4 Å². The van der Waals surface area contributed by atoms with Gasteiger partial charge in [0.25, 0.3) is 0 Å². The Balaban J connectivity index is 2.11. The van der Waals surface area contributed by atoms with Gasteiger partial charge in [0.1, 0.15) is 11.2 Å². The molecule has 240 valence electrons. The first-order valence-corrected chi connectivity index (χ1v) is 14.9. The van der Waals surface area contributed by atoms with Gasteiger partial charge in [-0.2, -0.15) is 0 Å². The second-order valence-corrected chi connectivity index (χ2v) is 12.4. The van der Waals surface area contributed by atoms with Crippen LogP contribution in [0, 0.1) is 0 Å². The molecule has 4 atom stereocenters. The van der Waals surface area contributed by atoms with Crippen molar-refractivity contribution in [2.24, 2.45) is 0 Å². The summed E-state index contributed by atoms with van der Waals surface area (Å²) in [6, 6.07) is 13.9. The van der Waals surface area contributed by atoms with E-state index in [2.05, 4.69) is 5.32 Å². The zero-order valence-corrected chi connectivity index (χ0v) is 27.2. The number of carbonyl (C=O) groups excluding carboxylic acids is 2. The molecule has 0 aromatic heterocycles. The van der Waals surface area contributed by atoms with Crippen LogP contribution in [0.15, 0.2) is 48.5 Å². The first-order valence-electron chi connectivity index (χ1n) is 14.9. The molecule has 0 saturated heterocycles. The van der Waals surface area contributed by atoms with Crippen molar-refractivity contribution in [3.05, 3.63) is 70.8 Å². The fraction of sp³-hybridized carbons (Fsp3) is 0.588. The number of methoxy groups -OCH3 is 1. The third-order valence-electron chi connectivity index (χ3n) is 6.84. The molecule has 2 rings (SSSR count). The highest BCUT2D eigenvalue weighted by molar-refractivity contribution is 6.02. The van der Waals surface area contributed by atoms with E-state index >= 15 is 0 Å². The van der Waals surface area contributed by atoms with Crippen LogP contribution in [0.5, 0.6) is 0 Å². The van der Waals surface area contributed by atoms with Crippen molar-refractivity contribution in [2.75, 3.05) is 33.5 Å². The quantitative estimate of drug-likeness (QED) is 0.199. The molecule has 0 aliphatic carbocycles. The van der Waals surface area contributed by atoms with Crippen LogP contribution in [-0.2, 0) is 18.9 Å². The number of hydrogen-bond donors (Lipinski definition) is 3. The van der Waals surface area contributed by atoms with Crippen molar-refractivity contribution in [1.82, 2.24) is 5.32 Å². The fourth-order valence-electron chi connectivity index (χ4n) is 4.37. The Kier molecular flexibility index (Phi) is 14.1. The first-order chi connectivity index (χ1) is 20.0. The van der Waals surface area contributed by atoms with Gasteiger partial charge in [0, 0.05) is 24.3 Å². The molecular formula is C34H51NO8. The monoisotopic (exact) mass is 601 g/mol. The lowest BCUT2D eigenvalue weighted by Crippen LogP contribution is -2.36. The van der Waals surface area contributed by atoms with E-state index in [0.29, 0.717) is 37.6 Å². The molecule has 0 aliphatic rings. The molecule has 0 bridgehead atoms. The van der Waals surface area contributed by atoms with Gasteiger partial charge in [0.05, 0.1) is 50.8 Å². The molecule has 4 unspecified atom stereocenters. The maximum atomic E-state index is 12.6. The van der Waals surface area contributed by atoms with E-state index < -0.39 is 11.2 Å². The van der Waals surface area contributed by atoms with E-state index in [4.69, 9.17) is 18.9 Å². The van der Waals surface area contributed by atoms with E-state index in [1.165, 1.54) is 27.7 Å². The summed E-state index contributed by atoms with van der Waals surface area (Å²) in [5.74, 6) is -0.720. The predicted molar refractivity (Wildman–Crippen MR) is 167 cm³/mol. The van der Waals surface area contributed by atoms with Crippen molar-refractivity contribution in [2.45, 2.75) is 97.0 Å². The molecule has 2 aromatic rings. The first kappa shape index (κ1) is 36.7. The average Bonchev–Trinajstić information content (AvgIpc) is 2.95. The number of ketones is 2. The number of benzene rings is 2. The van der Waals surface area contributed by atoms with E-state index in [1.807, 2.05) is 52.0 Å². The molecule has 0 amide bonds. The number of rotatable bonds is 19. The number of ether oxygens (including phenoxy) is 4. The van der Waals surface area contributed by atoms with Crippen LogP contribution in [0.3, 0.4) is 0 Å². The lowest BCUT2D eigenvalue weighted by atomic mass is 9.91. The summed E-state index contributed by atoms with van der Waals surface area (Å²) in [6.07, 6.45) is -0.218. The number of nitrogens with one attached hydrogen (secondary N) is 1. The molecule has 9 heteroatoms. The number of aliphatic hydroxyl groups is 2. The minimum Gasteiger partial charge on any atom is -0.382 e. The summed E-state index contributed by atoms with van der Waals surface area (Å²) in [7, 11) is 1.64. The van der Waals surface area contributed by atoms with Crippen molar-refractivity contribution in [3.8, 4) is 0 Å². The average molecular weight is 602 g/mol. The Labute approximate surface area is 256 Å². The molecule has 2 aromatic carbocycles.